The number of para-hydroxylation sites is 1. The fraction of sp³-hybridized carbons (Fsp3) is 0. The van der Waals surface area contributed by atoms with Crippen LogP contribution in [0.1, 0.15) is 0 Å². The number of benzene rings is 3. The molecule has 0 aromatic heterocycles. The van der Waals surface area contributed by atoms with Gasteiger partial charge in [-0.3, -0.25) is 0 Å². The van der Waals surface area contributed by atoms with Crippen molar-refractivity contribution >= 4 is 15.9 Å². The van der Waals surface area contributed by atoms with Crippen LogP contribution in [0.2, 0.25) is 0 Å². The minimum atomic E-state index is -0.538. The molecule has 3 rings (SSSR count). The van der Waals surface area contributed by atoms with Crippen molar-refractivity contribution in [1.82, 2.24) is 0 Å². The molecule has 0 aliphatic heterocycles. The number of halogens is 3. The summed E-state index contributed by atoms with van der Waals surface area (Å²) in [5, 5.41) is 0. The summed E-state index contributed by atoms with van der Waals surface area (Å²) in [7, 11) is 0. The molecule has 0 atom stereocenters. The minimum Gasteiger partial charge on any atom is -0.454 e. The van der Waals surface area contributed by atoms with Gasteiger partial charge in [0.05, 0.1) is 0 Å². The molecular formula is C18H11BrF2O. The molecule has 0 saturated heterocycles. The zero-order valence-electron chi connectivity index (χ0n) is 11.4. The molecule has 22 heavy (non-hydrogen) atoms. The third-order valence-corrected chi connectivity index (χ3v) is 3.64. The van der Waals surface area contributed by atoms with Gasteiger partial charge in [0.15, 0.2) is 11.6 Å². The average Bonchev–Trinajstić information content (AvgIpc) is 2.50. The third-order valence-electron chi connectivity index (χ3n) is 3.15. The van der Waals surface area contributed by atoms with E-state index in [4.69, 9.17) is 4.74 Å². The van der Waals surface area contributed by atoms with Crippen LogP contribution in [0.25, 0.3) is 11.1 Å². The van der Waals surface area contributed by atoms with E-state index in [0.717, 1.165) is 0 Å². The number of rotatable bonds is 3. The predicted octanol–water partition coefficient (Wildman–Crippen LogP) is 6.19. The molecule has 0 unspecified atom stereocenters. The first-order valence-corrected chi connectivity index (χ1v) is 7.40. The van der Waals surface area contributed by atoms with E-state index in [2.05, 4.69) is 15.9 Å². The lowest BCUT2D eigenvalue weighted by Crippen LogP contribution is -1.90. The average molecular weight is 361 g/mol. The lowest BCUT2D eigenvalue weighted by molar-refractivity contribution is 0.442. The Hall–Kier alpha value is -2.20. The Labute approximate surface area is 135 Å². The van der Waals surface area contributed by atoms with Crippen molar-refractivity contribution in [2.24, 2.45) is 0 Å². The lowest BCUT2D eigenvalue weighted by Gasteiger charge is -2.09. The highest BCUT2D eigenvalue weighted by Crippen LogP contribution is 2.31. The van der Waals surface area contributed by atoms with E-state index in [9.17, 15) is 8.78 Å². The zero-order valence-corrected chi connectivity index (χ0v) is 13.0. The fourth-order valence-corrected chi connectivity index (χ4v) is 2.42. The maximum atomic E-state index is 14.2. The minimum absolute atomic E-state index is 0.104. The van der Waals surface area contributed by atoms with Crippen LogP contribution in [0.4, 0.5) is 8.78 Å². The van der Waals surface area contributed by atoms with Gasteiger partial charge >= 0.3 is 0 Å². The maximum absolute atomic E-state index is 14.2. The maximum Gasteiger partial charge on any atom is 0.166 e. The molecule has 4 heteroatoms. The Bertz CT molecular complexity index is 803. The highest BCUT2D eigenvalue weighted by atomic mass is 79.9. The second-order valence-corrected chi connectivity index (χ2v) is 5.60. The van der Waals surface area contributed by atoms with Crippen molar-refractivity contribution < 1.29 is 13.5 Å². The molecule has 0 bridgehead atoms. The van der Waals surface area contributed by atoms with E-state index < -0.39 is 11.6 Å². The summed E-state index contributed by atoms with van der Waals surface area (Å²) in [5.41, 5.74) is 0.802. The van der Waals surface area contributed by atoms with E-state index in [0.29, 0.717) is 21.3 Å². The molecule has 3 aromatic carbocycles. The van der Waals surface area contributed by atoms with Crippen molar-refractivity contribution in [3.05, 3.63) is 82.8 Å². The number of hydrogen-bond acceptors (Lipinski definition) is 1. The third kappa shape index (κ3) is 3.17. The molecule has 0 amide bonds. The highest BCUT2D eigenvalue weighted by molar-refractivity contribution is 9.10. The summed E-state index contributed by atoms with van der Waals surface area (Å²) in [6.45, 7) is 0. The molecule has 0 fully saturated rings. The van der Waals surface area contributed by atoms with Crippen molar-refractivity contribution in [1.29, 1.82) is 0 Å². The summed E-state index contributed by atoms with van der Waals surface area (Å²) >= 11 is 3.20. The van der Waals surface area contributed by atoms with Gasteiger partial charge < -0.3 is 4.74 Å². The smallest absolute Gasteiger partial charge is 0.166 e. The second kappa shape index (κ2) is 6.28. The van der Waals surface area contributed by atoms with Crippen LogP contribution in [-0.2, 0) is 0 Å². The van der Waals surface area contributed by atoms with Crippen LogP contribution >= 0.6 is 15.9 Å². The molecule has 0 N–H and O–H groups in total. The predicted molar refractivity (Wildman–Crippen MR) is 86.0 cm³/mol. The Morgan fingerprint density at radius 1 is 0.773 bits per heavy atom. The molecule has 0 saturated carbocycles. The van der Waals surface area contributed by atoms with Crippen LogP contribution in [-0.4, -0.2) is 0 Å². The molecule has 0 radical (unpaired) electrons. The highest BCUT2D eigenvalue weighted by Gasteiger charge is 2.10. The molecule has 3 aromatic rings. The first-order chi connectivity index (χ1) is 10.6. The summed E-state index contributed by atoms with van der Waals surface area (Å²) in [6, 6.07) is 18.0. The molecule has 110 valence electrons. The molecule has 1 nitrogen and oxygen atoms in total. The van der Waals surface area contributed by atoms with E-state index in [1.54, 1.807) is 42.5 Å². The van der Waals surface area contributed by atoms with Gasteiger partial charge in [-0.1, -0.05) is 46.3 Å². The van der Waals surface area contributed by atoms with Gasteiger partial charge in [-0.05, 0) is 42.0 Å². The van der Waals surface area contributed by atoms with E-state index in [-0.39, 0.29) is 5.75 Å². The second-order valence-electron chi connectivity index (χ2n) is 4.68. The Morgan fingerprint density at radius 2 is 1.55 bits per heavy atom. The van der Waals surface area contributed by atoms with Crippen LogP contribution in [0.3, 0.4) is 0 Å². The van der Waals surface area contributed by atoms with Gasteiger partial charge in [0.1, 0.15) is 11.6 Å². The fourth-order valence-electron chi connectivity index (χ4n) is 2.09. The van der Waals surface area contributed by atoms with Crippen molar-refractivity contribution in [3.8, 4) is 22.6 Å². The van der Waals surface area contributed by atoms with E-state index in [1.807, 2.05) is 6.07 Å². The van der Waals surface area contributed by atoms with Crippen LogP contribution in [0.5, 0.6) is 11.5 Å². The molecule has 0 aliphatic carbocycles. The van der Waals surface area contributed by atoms with Crippen molar-refractivity contribution in [3.63, 3.8) is 0 Å². The summed E-state index contributed by atoms with van der Waals surface area (Å²) in [4.78, 5) is 0. The van der Waals surface area contributed by atoms with Gasteiger partial charge in [0, 0.05) is 10.0 Å². The first-order valence-electron chi connectivity index (χ1n) is 6.61. The van der Waals surface area contributed by atoms with Gasteiger partial charge in [-0.2, -0.15) is 0 Å². The van der Waals surface area contributed by atoms with Gasteiger partial charge in [-0.25, -0.2) is 8.78 Å². The summed E-state index contributed by atoms with van der Waals surface area (Å²) < 4.78 is 34.2. The first kappa shape index (κ1) is 14.7. The van der Waals surface area contributed by atoms with Gasteiger partial charge in [-0.15, -0.1) is 0 Å². The topological polar surface area (TPSA) is 9.23 Å². The molecule has 0 heterocycles. The van der Waals surface area contributed by atoms with Crippen molar-refractivity contribution in [2.75, 3.05) is 0 Å². The van der Waals surface area contributed by atoms with Crippen LogP contribution in [0.15, 0.2) is 71.2 Å². The molecule has 0 aliphatic rings. The van der Waals surface area contributed by atoms with E-state index in [1.165, 1.54) is 18.2 Å². The van der Waals surface area contributed by atoms with E-state index >= 15 is 0 Å². The monoisotopic (exact) mass is 360 g/mol. The normalized spacial score (nSPS) is 10.5. The number of ether oxygens (including phenoxy) is 1. The van der Waals surface area contributed by atoms with Gasteiger partial charge in [0.25, 0.3) is 0 Å². The van der Waals surface area contributed by atoms with Gasteiger partial charge in [0.2, 0.25) is 0 Å². The SMILES string of the molecule is Fc1cc(-c2ccc(Br)cc2F)ccc1Oc1ccccc1. The standard InChI is InChI=1S/C18H11BrF2O/c19-13-7-8-15(16(20)11-13)12-6-9-18(17(21)10-12)22-14-4-2-1-3-5-14/h1-11H. The zero-order chi connectivity index (χ0) is 15.5. The molecule has 0 spiro atoms. The lowest BCUT2D eigenvalue weighted by atomic mass is 10.0. The van der Waals surface area contributed by atoms with Crippen LogP contribution < -0.4 is 4.74 Å². The quantitative estimate of drug-likeness (QED) is 0.541. The summed E-state index contributed by atoms with van der Waals surface area (Å²) in [6.07, 6.45) is 0. The van der Waals surface area contributed by atoms with Crippen molar-refractivity contribution in [2.45, 2.75) is 0 Å². The largest absolute Gasteiger partial charge is 0.454 e. The Balaban J connectivity index is 1.92. The number of hydrogen-bond donors (Lipinski definition) is 0. The summed E-state index contributed by atoms with van der Waals surface area (Å²) in [5.74, 6) is -0.300. The Morgan fingerprint density at radius 3 is 2.23 bits per heavy atom. The molecular weight excluding hydrogens is 350 g/mol. The van der Waals surface area contributed by atoms with Crippen LogP contribution in [0, 0.1) is 11.6 Å². The Kier molecular flexibility index (Phi) is 4.20.